The highest BCUT2D eigenvalue weighted by molar-refractivity contribution is 7.99. The quantitative estimate of drug-likeness (QED) is 0.662. The first-order valence-electron chi connectivity index (χ1n) is 8.37. The van der Waals surface area contributed by atoms with Gasteiger partial charge >= 0.3 is 0 Å². The van der Waals surface area contributed by atoms with Crippen LogP contribution in [0.1, 0.15) is 17.3 Å². The van der Waals surface area contributed by atoms with Crippen LogP contribution in [0.15, 0.2) is 64.8 Å². The molecule has 0 atom stereocenters. The van der Waals surface area contributed by atoms with Crippen molar-refractivity contribution in [3.05, 3.63) is 60.3 Å². The Kier molecular flexibility index (Phi) is 4.53. The first-order chi connectivity index (χ1) is 12.9. The minimum atomic E-state index is -3.80. The van der Waals surface area contributed by atoms with Crippen molar-refractivity contribution in [1.29, 1.82) is 0 Å². The first-order valence-corrected chi connectivity index (χ1v) is 10.8. The molecule has 2 heterocycles. The predicted octanol–water partition coefficient (Wildman–Crippen LogP) is 3.66. The summed E-state index contributed by atoms with van der Waals surface area (Å²) in [5, 5.41) is 0.983. The molecule has 0 saturated carbocycles. The summed E-state index contributed by atoms with van der Waals surface area (Å²) >= 11 is 1.71. The lowest BCUT2D eigenvalue weighted by Crippen LogP contribution is -2.13. The predicted molar refractivity (Wildman–Crippen MR) is 106 cm³/mol. The second-order valence-corrected chi connectivity index (χ2v) is 8.97. The van der Waals surface area contributed by atoms with Crippen LogP contribution in [-0.2, 0) is 16.6 Å². The molecule has 0 fully saturated rings. The van der Waals surface area contributed by atoms with E-state index in [0.717, 1.165) is 28.7 Å². The summed E-state index contributed by atoms with van der Waals surface area (Å²) in [4.78, 5) is 16.2. The van der Waals surface area contributed by atoms with Crippen LogP contribution in [-0.4, -0.2) is 29.5 Å². The first kappa shape index (κ1) is 17.8. The summed E-state index contributed by atoms with van der Waals surface area (Å²) in [6.45, 7) is 2.34. The Morgan fingerprint density at radius 3 is 2.78 bits per heavy atom. The van der Waals surface area contributed by atoms with E-state index in [0.29, 0.717) is 11.3 Å². The fraction of sp³-hybridized carbons (Fsp3) is 0.158. The number of nitrogens with zero attached hydrogens (tertiary/aromatic N) is 2. The van der Waals surface area contributed by atoms with Gasteiger partial charge in [0, 0.05) is 35.3 Å². The molecule has 0 aliphatic carbocycles. The number of rotatable bonds is 5. The fourth-order valence-corrected chi connectivity index (χ4v) is 4.93. The maximum atomic E-state index is 12.7. The topological polar surface area (TPSA) is 81.1 Å². The molecule has 0 saturated heterocycles. The third-order valence-electron chi connectivity index (χ3n) is 4.26. The second-order valence-electron chi connectivity index (χ2n) is 6.22. The van der Waals surface area contributed by atoms with E-state index >= 15 is 0 Å². The van der Waals surface area contributed by atoms with E-state index < -0.39 is 10.0 Å². The van der Waals surface area contributed by atoms with Gasteiger partial charge in [0.2, 0.25) is 0 Å². The number of anilines is 1. The molecular weight excluding hydrogens is 382 g/mol. The molecule has 0 radical (unpaired) electrons. The Bertz CT molecular complexity index is 1120. The number of fused-ring (bicyclic) bond motifs is 1. The van der Waals surface area contributed by atoms with E-state index in [9.17, 15) is 13.2 Å². The minimum Gasteiger partial charge on any atom is -0.325 e. The minimum absolute atomic E-state index is 0.0537. The molecule has 1 aromatic heterocycles. The van der Waals surface area contributed by atoms with Crippen LogP contribution >= 0.6 is 11.8 Å². The molecule has 138 valence electrons. The Balaban J connectivity index is 1.62. The van der Waals surface area contributed by atoms with E-state index in [1.807, 2.05) is 12.3 Å². The number of Topliss-reactive ketones (excluding diaryl/α,β-unsaturated/α-hetero) is 1. The number of thioether (sulfide) groups is 1. The number of benzene rings is 2. The average molecular weight is 399 g/mol. The number of carbonyl (C=O) groups is 1. The molecule has 1 aliphatic heterocycles. The van der Waals surface area contributed by atoms with E-state index in [-0.39, 0.29) is 10.7 Å². The molecule has 8 heteroatoms. The Labute approximate surface area is 161 Å². The normalized spacial score (nSPS) is 13.4. The summed E-state index contributed by atoms with van der Waals surface area (Å²) in [6, 6.07) is 13.1. The van der Waals surface area contributed by atoms with Gasteiger partial charge in [0.15, 0.2) is 10.9 Å². The molecule has 6 nitrogen and oxygen atoms in total. The number of sulfonamides is 1. The zero-order valence-corrected chi connectivity index (χ0v) is 16.2. The number of imidazole rings is 1. The molecule has 0 spiro atoms. The zero-order chi connectivity index (χ0) is 19.0. The molecule has 3 aromatic rings. The summed E-state index contributed by atoms with van der Waals surface area (Å²) in [7, 11) is -3.80. The summed E-state index contributed by atoms with van der Waals surface area (Å²) in [5.41, 5.74) is 2.46. The van der Waals surface area contributed by atoms with Crippen LogP contribution in [0.5, 0.6) is 0 Å². The maximum absolute atomic E-state index is 12.7. The number of carbonyl (C=O) groups excluding carboxylic acids is 1. The van der Waals surface area contributed by atoms with Gasteiger partial charge in [0.1, 0.15) is 0 Å². The summed E-state index contributed by atoms with van der Waals surface area (Å²) < 4.78 is 30.1. The van der Waals surface area contributed by atoms with Crippen LogP contribution in [0.25, 0.3) is 11.3 Å². The lowest BCUT2D eigenvalue weighted by Gasteiger charge is -2.10. The van der Waals surface area contributed by atoms with Gasteiger partial charge in [-0.05, 0) is 31.2 Å². The smallest absolute Gasteiger partial charge is 0.261 e. The van der Waals surface area contributed by atoms with Gasteiger partial charge in [0.05, 0.1) is 10.6 Å². The van der Waals surface area contributed by atoms with Gasteiger partial charge < -0.3 is 4.57 Å². The Hall–Kier alpha value is -2.58. The van der Waals surface area contributed by atoms with Crippen molar-refractivity contribution in [2.24, 2.45) is 0 Å². The van der Waals surface area contributed by atoms with Crippen molar-refractivity contribution >= 4 is 33.3 Å². The number of hydrogen-bond donors (Lipinski definition) is 1. The number of ketones is 1. The van der Waals surface area contributed by atoms with E-state index in [2.05, 4.69) is 14.3 Å². The lowest BCUT2D eigenvalue weighted by atomic mass is 10.1. The molecule has 27 heavy (non-hydrogen) atoms. The van der Waals surface area contributed by atoms with Crippen molar-refractivity contribution in [3.63, 3.8) is 0 Å². The van der Waals surface area contributed by atoms with E-state index in [1.54, 1.807) is 42.1 Å². The van der Waals surface area contributed by atoms with Crippen LogP contribution in [0.3, 0.4) is 0 Å². The van der Waals surface area contributed by atoms with E-state index in [1.165, 1.54) is 19.1 Å². The molecule has 1 N–H and O–H groups in total. The monoisotopic (exact) mass is 399 g/mol. The fourth-order valence-electron chi connectivity index (χ4n) is 2.89. The Morgan fingerprint density at radius 2 is 2.00 bits per heavy atom. The van der Waals surface area contributed by atoms with Crippen molar-refractivity contribution in [2.75, 3.05) is 10.5 Å². The van der Waals surface area contributed by atoms with Crippen LogP contribution < -0.4 is 4.72 Å². The standard InChI is InChI=1S/C19H17N3O3S2/c1-13(23)14-4-3-7-17(11-14)27(24,25)21-16-6-2-5-15(10-16)18-12-22-8-9-26-19(22)20-18/h2-7,10-12,21H,8-9H2,1H3. The van der Waals surface area contributed by atoms with Crippen LogP contribution in [0.4, 0.5) is 5.69 Å². The average Bonchev–Trinajstić information content (AvgIpc) is 3.24. The van der Waals surface area contributed by atoms with Crippen LogP contribution in [0, 0.1) is 0 Å². The van der Waals surface area contributed by atoms with Gasteiger partial charge in [-0.25, -0.2) is 13.4 Å². The molecule has 1 aliphatic rings. The van der Waals surface area contributed by atoms with Gasteiger partial charge in [-0.15, -0.1) is 0 Å². The number of aryl methyl sites for hydroxylation is 1. The maximum Gasteiger partial charge on any atom is 0.261 e. The number of aromatic nitrogens is 2. The molecule has 0 unspecified atom stereocenters. The Morgan fingerprint density at radius 1 is 1.19 bits per heavy atom. The van der Waals surface area contributed by atoms with Crippen molar-refractivity contribution in [1.82, 2.24) is 9.55 Å². The third-order valence-corrected chi connectivity index (χ3v) is 6.61. The highest BCUT2D eigenvalue weighted by atomic mass is 32.2. The van der Waals surface area contributed by atoms with E-state index in [4.69, 9.17) is 0 Å². The van der Waals surface area contributed by atoms with Gasteiger partial charge in [-0.1, -0.05) is 36.0 Å². The molecule has 2 aromatic carbocycles. The summed E-state index contributed by atoms with van der Waals surface area (Å²) in [6.07, 6.45) is 1.99. The SMILES string of the molecule is CC(=O)c1cccc(S(=O)(=O)Nc2cccc(-c3cn4c(n3)SCC4)c2)c1. The molecular formula is C19H17N3O3S2. The highest BCUT2D eigenvalue weighted by Crippen LogP contribution is 2.30. The van der Waals surface area contributed by atoms with Gasteiger partial charge in [-0.2, -0.15) is 0 Å². The van der Waals surface area contributed by atoms with Crippen molar-refractivity contribution in [2.45, 2.75) is 23.5 Å². The zero-order valence-electron chi connectivity index (χ0n) is 14.5. The third kappa shape index (κ3) is 3.63. The van der Waals surface area contributed by atoms with Gasteiger partial charge in [-0.3, -0.25) is 9.52 Å². The van der Waals surface area contributed by atoms with Gasteiger partial charge in [0.25, 0.3) is 10.0 Å². The molecule has 4 rings (SSSR count). The molecule has 0 amide bonds. The van der Waals surface area contributed by atoms with Crippen molar-refractivity contribution < 1.29 is 13.2 Å². The number of nitrogens with one attached hydrogen (secondary N) is 1. The second kappa shape index (κ2) is 6.86. The number of hydrogen-bond acceptors (Lipinski definition) is 5. The summed E-state index contributed by atoms with van der Waals surface area (Å²) in [5.74, 6) is 0.849. The largest absolute Gasteiger partial charge is 0.325 e. The highest BCUT2D eigenvalue weighted by Gasteiger charge is 2.18. The van der Waals surface area contributed by atoms with Crippen LogP contribution in [0.2, 0.25) is 0 Å². The van der Waals surface area contributed by atoms with Crippen molar-refractivity contribution in [3.8, 4) is 11.3 Å². The lowest BCUT2D eigenvalue weighted by molar-refractivity contribution is 0.101. The molecule has 0 bridgehead atoms.